The van der Waals surface area contributed by atoms with Gasteiger partial charge in [0.15, 0.2) is 11.0 Å². The second-order valence-electron chi connectivity index (χ2n) is 5.18. The molecule has 23 heavy (non-hydrogen) atoms. The molecule has 0 bridgehead atoms. The van der Waals surface area contributed by atoms with E-state index in [0.29, 0.717) is 29.0 Å². The number of hydrogen-bond acceptors (Lipinski definition) is 5. The predicted molar refractivity (Wildman–Crippen MR) is 88.1 cm³/mol. The van der Waals surface area contributed by atoms with Gasteiger partial charge in [0, 0.05) is 25.6 Å². The third-order valence-electron chi connectivity index (χ3n) is 3.65. The topological polar surface area (TPSA) is 68.1 Å². The molecule has 1 aliphatic heterocycles. The van der Waals surface area contributed by atoms with Crippen molar-refractivity contribution < 1.29 is 9.59 Å². The number of likely N-dealkylation sites (tertiary alicyclic amines) is 1. The van der Waals surface area contributed by atoms with E-state index in [9.17, 15) is 9.59 Å². The Hall–Kier alpha value is -1.86. The van der Waals surface area contributed by atoms with Crippen LogP contribution >= 0.6 is 23.4 Å². The van der Waals surface area contributed by atoms with Crippen molar-refractivity contribution in [1.82, 2.24) is 19.7 Å². The Morgan fingerprint density at radius 3 is 2.83 bits per heavy atom. The summed E-state index contributed by atoms with van der Waals surface area (Å²) in [7, 11) is 1.83. The highest BCUT2D eigenvalue weighted by Crippen LogP contribution is 2.28. The van der Waals surface area contributed by atoms with Gasteiger partial charge in [0.1, 0.15) is 0 Å². The van der Waals surface area contributed by atoms with Gasteiger partial charge < -0.3 is 4.57 Å². The average molecular weight is 351 g/mol. The van der Waals surface area contributed by atoms with E-state index in [4.69, 9.17) is 11.6 Å². The molecular weight excluding hydrogens is 336 g/mol. The van der Waals surface area contributed by atoms with E-state index in [1.807, 2.05) is 25.2 Å². The zero-order chi connectivity index (χ0) is 16.4. The van der Waals surface area contributed by atoms with E-state index in [1.54, 1.807) is 10.6 Å². The van der Waals surface area contributed by atoms with E-state index in [1.165, 1.54) is 16.7 Å². The summed E-state index contributed by atoms with van der Waals surface area (Å²) >= 11 is 7.45. The zero-order valence-electron chi connectivity index (χ0n) is 12.5. The SMILES string of the molecule is Cn1c(SCC(=O)N2CCCC2=O)nnc1-c1ccccc1Cl. The van der Waals surface area contributed by atoms with Crippen LogP contribution in [0.5, 0.6) is 0 Å². The molecule has 2 heterocycles. The summed E-state index contributed by atoms with van der Waals surface area (Å²) in [6.07, 6.45) is 1.20. The first-order valence-corrected chi connectivity index (χ1v) is 8.54. The highest BCUT2D eigenvalue weighted by Gasteiger charge is 2.26. The van der Waals surface area contributed by atoms with Crippen LogP contribution in [0.25, 0.3) is 11.4 Å². The monoisotopic (exact) mass is 350 g/mol. The minimum Gasteiger partial charge on any atom is -0.305 e. The van der Waals surface area contributed by atoms with Gasteiger partial charge in [-0.25, -0.2) is 0 Å². The van der Waals surface area contributed by atoms with Crippen LogP contribution in [-0.4, -0.2) is 43.8 Å². The molecule has 120 valence electrons. The highest BCUT2D eigenvalue weighted by atomic mass is 35.5. The first-order chi connectivity index (χ1) is 11.1. The number of hydrogen-bond donors (Lipinski definition) is 0. The van der Waals surface area contributed by atoms with Gasteiger partial charge in [-0.2, -0.15) is 0 Å². The van der Waals surface area contributed by atoms with Crippen LogP contribution in [-0.2, 0) is 16.6 Å². The summed E-state index contributed by atoms with van der Waals surface area (Å²) in [6, 6.07) is 7.39. The fraction of sp³-hybridized carbons (Fsp3) is 0.333. The Kier molecular flexibility index (Phi) is 4.68. The van der Waals surface area contributed by atoms with Crippen LogP contribution < -0.4 is 0 Å². The molecular formula is C15H15ClN4O2S. The molecule has 0 atom stereocenters. The molecule has 1 aromatic heterocycles. The van der Waals surface area contributed by atoms with Crippen LogP contribution in [0.4, 0.5) is 0 Å². The number of imide groups is 1. The Morgan fingerprint density at radius 1 is 1.35 bits per heavy atom. The second-order valence-corrected chi connectivity index (χ2v) is 6.53. The van der Waals surface area contributed by atoms with E-state index in [0.717, 1.165) is 12.0 Å². The fourth-order valence-corrected chi connectivity index (χ4v) is 3.44. The van der Waals surface area contributed by atoms with Crippen LogP contribution in [0.15, 0.2) is 29.4 Å². The van der Waals surface area contributed by atoms with E-state index < -0.39 is 0 Å². The minimum atomic E-state index is -0.181. The molecule has 2 aromatic rings. The van der Waals surface area contributed by atoms with Crippen LogP contribution in [0.1, 0.15) is 12.8 Å². The van der Waals surface area contributed by atoms with Crippen molar-refractivity contribution in [3.05, 3.63) is 29.3 Å². The maximum absolute atomic E-state index is 12.1. The first-order valence-electron chi connectivity index (χ1n) is 7.18. The summed E-state index contributed by atoms with van der Waals surface area (Å²) in [5.74, 6) is 0.535. The van der Waals surface area contributed by atoms with E-state index in [-0.39, 0.29) is 17.6 Å². The molecule has 8 heteroatoms. The lowest BCUT2D eigenvalue weighted by Gasteiger charge is -2.12. The molecule has 1 aliphatic rings. The molecule has 0 aliphatic carbocycles. The summed E-state index contributed by atoms with van der Waals surface area (Å²) < 4.78 is 1.80. The zero-order valence-corrected chi connectivity index (χ0v) is 14.1. The predicted octanol–water partition coefficient (Wildman–Crippen LogP) is 2.38. The maximum atomic E-state index is 12.1. The number of carbonyl (C=O) groups excluding carboxylic acids is 2. The van der Waals surface area contributed by atoms with Gasteiger partial charge in [-0.3, -0.25) is 14.5 Å². The summed E-state index contributed by atoms with van der Waals surface area (Å²) in [6.45, 7) is 0.516. The largest absolute Gasteiger partial charge is 0.305 e. The lowest BCUT2D eigenvalue weighted by molar-refractivity contribution is -0.140. The lowest BCUT2D eigenvalue weighted by Crippen LogP contribution is -2.33. The maximum Gasteiger partial charge on any atom is 0.239 e. The lowest BCUT2D eigenvalue weighted by atomic mass is 10.2. The molecule has 0 radical (unpaired) electrons. The van der Waals surface area contributed by atoms with Crippen molar-refractivity contribution in [2.24, 2.45) is 7.05 Å². The van der Waals surface area contributed by atoms with Crippen molar-refractivity contribution in [1.29, 1.82) is 0 Å². The summed E-state index contributed by atoms with van der Waals surface area (Å²) in [4.78, 5) is 25.0. The molecule has 1 fully saturated rings. The standard InChI is InChI=1S/C15H15ClN4O2S/c1-19-14(10-5-2-3-6-11(10)16)17-18-15(19)23-9-13(22)20-8-4-7-12(20)21/h2-3,5-6H,4,7-9H2,1H3. The number of carbonyl (C=O) groups is 2. The van der Waals surface area contributed by atoms with Crippen molar-refractivity contribution in [3.8, 4) is 11.4 Å². The van der Waals surface area contributed by atoms with Crippen LogP contribution in [0, 0.1) is 0 Å². The van der Waals surface area contributed by atoms with Crippen molar-refractivity contribution >= 4 is 35.2 Å². The summed E-state index contributed by atoms with van der Waals surface area (Å²) in [5, 5.41) is 9.47. The molecule has 1 aromatic carbocycles. The minimum absolute atomic E-state index is 0.0923. The van der Waals surface area contributed by atoms with Gasteiger partial charge in [-0.05, 0) is 18.6 Å². The summed E-state index contributed by atoms with van der Waals surface area (Å²) in [5.41, 5.74) is 0.789. The number of benzene rings is 1. The Labute approximate surface area is 142 Å². The first kappa shape index (κ1) is 16.0. The Morgan fingerprint density at radius 2 is 2.13 bits per heavy atom. The molecule has 0 saturated carbocycles. The van der Waals surface area contributed by atoms with Crippen molar-refractivity contribution in [3.63, 3.8) is 0 Å². The van der Waals surface area contributed by atoms with Gasteiger partial charge in [-0.15, -0.1) is 10.2 Å². The number of rotatable bonds is 4. The number of thioether (sulfide) groups is 1. The van der Waals surface area contributed by atoms with Crippen molar-refractivity contribution in [2.75, 3.05) is 12.3 Å². The van der Waals surface area contributed by atoms with Gasteiger partial charge in [0.2, 0.25) is 11.8 Å². The van der Waals surface area contributed by atoms with Gasteiger partial charge in [-0.1, -0.05) is 35.5 Å². The van der Waals surface area contributed by atoms with Gasteiger partial charge in [0.05, 0.1) is 10.8 Å². The molecule has 0 unspecified atom stereocenters. The third kappa shape index (κ3) is 3.25. The number of halogens is 1. The fourth-order valence-electron chi connectivity index (χ4n) is 2.43. The normalized spacial score (nSPS) is 14.5. The van der Waals surface area contributed by atoms with E-state index in [2.05, 4.69) is 10.2 Å². The van der Waals surface area contributed by atoms with Crippen molar-refractivity contribution in [2.45, 2.75) is 18.0 Å². The number of nitrogens with zero attached hydrogens (tertiary/aromatic N) is 4. The molecule has 3 rings (SSSR count). The third-order valence-corrected chi connectivity index (χ3v) is 4.98. The molecule has 1 saturated heterocycles. The number of amides is 2. The Bertz CT molecular complexity index is 762. The number of aromatic nitrogens is 3. The molecule has 6 nitrogen and oxygen atoms in total. The van der Waals surface area contributed by atoms with Gasteiger partial charge >= 0.3 is 0 Å². The molecule has 0 N–H and O–H groups in total. The Balaban J connectivity index is 1.72. The highest BCUT2D eigenvalue weighted by molar-refractivity contribution is 7.99. The van der Waals surface area contributed by atoms with E-state index >= 15 is 0 Å². The van der Waals surface area contributed by atoms with Gasteiger partial charge in [0.25, 0.3) is 0 Å². The van der Waals surface area contributed by atoms with Crippen LogP contribution in [0.3, 0.4) is 0 Å². The molecule has 0 spiro atoms. The smallest absolute Gasteiger partial charge is 0.239 e. The molecule has 2 amide bonds. The quantitative estimate of drug-likeness (QED) is 0.792. The van der Waals surface area contributed by atoms with Crippen LogP contribution in [0.2, 0.25) is 5.02 Å². The average Bonchev–Trinajstić information content (AvgIpc) is 3.12. The second kappa shape index (κ2) is 6.72.